The van der Waals surface area contributed by atoms with Gasteiger partial charge in [0.1, 0.15) is 5.60 Å². The molecule has 0 spiro atoms. The van der Waals surface area contributed by atoms with Crippen molar-refractivity contribution in [3.8, 4) is 0 Å². The van der Waals surface area contributed by atoms with Crippen molar-refractivity contribution in [1.29, 1.82) is 0 Å². The third-order valence-corrected chi connectivity index (χ3v) is 3.95. The van der Waals surface area contributed by atoms with Crippen molar-refractivity contribution in [2.45, 2.75) is 37.8 Å². The van der Waals surface area contributed by atoms with Crippen LogP contribution in [0.3, 0.4) is 0 Å². The number of carbonyl (C=O) groups is 1. The molecule has 0 atom stereocenters. The number of amides is 1. The van der Waals surface area contributed by atoms with Gasteiger partial charge in [-0.25, -0.2) is 18.4 Å². The largest absolute Gasteiger partial charge is 0.444 e. The SMILES string of the molecule is CC(C)(C)OC(=O)NCc1ccc2cc(S(N)(=O)=O)ccc2c1. The van der Waals surface area contributed by atoms with E-state index in [0.717, 1.165) is 16.3 Å². The van der Waals surface area contributed by atoms with Gasteiger partial charge < -0.3 is 10.1 Å². The smallest absolute Gasteiger partial charge is 0.407 e. The maximum absolute atomic E-state index is 11.6. The first-order chi connectivity index (χ1) is 10.5. The summed E-state index contributed by atoms with van der Waals surface area (Å²) in [6, 6.07) is 10.1. The van der Waals surface area contributed by atoms with Crippen molar-refractivity contribution < 1.29 is 17.9 Å². The van der Waals surface area contributed by atoms with Crippen LogP contribution in [0.2, 0.25) is 0 Å². The van der Waals surface area contributed by atoms with Crippen molar-refractivity contribution in [1.82, 2.24) is 5.32 Å². The van der Waals surface area contributed by atoms with Gasteiger partial charge in [0.15, 0.2) is 0 Å². The molecule has 6 nitrogen and oxygen atoms in total. The molecule has 0 saturated heterocycles. The van der Waals surface area contributed by atoms with Crippen molar-refractivity contribution in [3.05, 3.63) is 42.0 Å². The highest BCUT2D eigenvalue weighted by molar-refractivity contribution is 7.89. The highest BCUT2D eigenvalue weighted by atomic mass is 32.2. The number of sulfonamides is 1. The molecule has 0 heterocycles. The van der Waals surface area contributed by atoms with Gasteiger partial charge in [-0.1, -0.05) is 18.2 Å². The van der Waals surface area contributed by atoms with Gasteiger partial charge in [0.05, 0.1) is 4.90 Å². The number of nitrogens with two attached hydrogens (primary N) is 1. The van der Waals surface area contributed by atoms with E-state index in [1.165, 1.54) is 12.1 Å². The number of fused-ring (bicyclic) bond motifs is 1. The number of benzene rings is 2. The Balaban J connectivity index is 2.14. The van der Waals surface area contributed by atoms with Crippen LogP contribution in [-0.4, -0.2) is 20.1 Å². The number of alkyl carbamates (subject to hydrolysis) is 1. The molecule has 1 amide bonds. The fourth-order valence-corrected chi connectivity index (χ4v) is 2.60. The Bertz CT molecular complexity index is 839. The molecule has 2 aromatic rings. The molecule has 0 aliphatic carbocycles. The van der Waals surface area contributed by atoms with E-state index >= 15 is 0 Å². The highest BCUT2D eigenvalue weighted by Crippen LogP contribution is 2.20. The molecule has 0 fully saturated rings. The second-order valence-electron chi connectivity index (χ2n) is 6.24. The van der Waals surface area contributed by atoms with Crippen LogP contribution < -0.4 is 10.5 Å². The average Bonchev–Trinajstić information content (AvgIpc) is 2.41. The van der Waals surface area contributed by atoms with E-state index in [1.807, 2.05) is 12.1 Å². The zero-order chi connectivity index (χ0) is 17.3. The summed E-state index contributed by atoms with van der Waals surface area (Å²) in [4.78, 5) is 11.7. The van der Waals surface area contributed by atoms with E-state index in [2.05, 4.69) is 5.32 Å². The van der Waals surface area contributed by atoms with E-state index in [-0.39, 0.29) is 4.90 Å². The minimum Gasteiger partial charge on any atom is -0.444 e. The van der Waals surface area contributed by atoms with Crippen LogP contribution in [0.4, 0.5) is 4.79 Å². The molecule has 7 heteroatoms. The molecule has 0 radical (unpaired) electrons. The lowest BCUT2D eigenvalue weighted by Crippen LogP contribution is -2.32. The molecule has 2 rings (SSSR count). The summed E-state index contributed by atoms with van der Waals surface area (Å²) in [5.74, 6) is 0. The van der Waals surface area contributed by atoms with Crippen molar-refractivity contribution in [3.63, 3.8) is 0 Å². The summed E-state index contributed by atoms with van der Waals surface area (Å²) in [6.45, 7) is 5.71. The van der Waals surface area contributed by atoms with Crippen LogP contribution in [0.5, 0.6) is 0 Å². The third-order valence-electron chi connectivity index (χ3n) is 3.04. The van der Waals surface area contributed by atoms with Crippen molar-refractivity contribution in [2.75, 3.05) is 0 Å². The Hall–Kier alpha value is -2.12. The predicted octanol–water partition coefficient (Wildman–Crippen LogP) is 2.51. The van der Waals surface area contributed by atoms with E-state index in [9.17, 15) is 13.2 Å². The monoisotopic (exact) mass is 336 g/mol. The van der Waals surface area contributed by atoms with Gasteiger partial charge >= 0.3 is 6.09 Å². The molecule has 0 aliphatic heterocycles. The van der Waals surface area contributed by atoms with Crippen molar-refractivity contribution in [2.24, 2.45) is 5.14 Å². The summed E-state index contributed by atoms with van der Waals surface area (Å²) < 4.78 is 27.9. The Morgan fingerprint density at radius 2 is 1.74 bits per heavy atom. The Kier molecular flexibility index (Phi) is 4.63. The summed E-state index contributed by atoms with van der Waals surface area (Å²) >= 11 is 0. The fourth-order valence-electron chi connectivity index (χ4n) is 2.05. The predicted molar refractivity (Wildman–Crippen MR) is 88.4 cm³/mol. The number of primary sulfonamides is 1. The molecular weight excluding hydrogens is 316 g/mol. The van der Waals surface area contributed by atoms with E-state index < -0.39 is 21.7 Å². The normalized spacial score (nSPS) is 12.2. The fraction of sp³-hybridized carbons (Fsp3) is 0.312. The zero-order valence-corrected chi connectivity index (χ0v) is 14.1. The minimum absolute atomic E-state index is 0.0737. The topological polar surface area (TPSA) is 98.5 Å². The van der Waals surface area contributed by atoms with Crippen LogP contribution in [0, 0.1) is 0 Å². The number of hydrogen-bond acceptors (Lipinski definition) is 4. The van der Waals surface area contributed by atoms with Crippen LogP contribution in [0.1, 0.15) is 26.3 Å². The number of nitrogens with one attached hydrogen (secondary N) is 1. The number of carbonyl (C=O) groups excluding carboxylic acids is 1. The Morgan fingerprint density at radius 1 is 1.13 bits per heavy atom. The first-order valence-electron chi connectivity index (χ1n) is 7.07. The van der Waals surface area contributed by atoms with Gasteiger partial charge in [-0.3, -0.25) is 0 Å². The van der Waals surface area contributed by atoms with Gasteiger partial charge in [0, 0.05) is 6.54 Å². The standard InChI is InChI=1S/C16H20N2O4S/c1-16(2,3)22-15(19)18-10-11-4-5-13-9-14(23(17,20)21)7-6-12(13)8-11/h4-9H,10H2,1-3H3,(H,18,19)(H2,17,20,21). The number of rotatable bonds is 3. The van der Waals surface area contributed by atoms with E-state index in [1.54, 1.807) is 32.9 Å². The molecular formula is C16H20N2O4S. The summed E-state index contributed by atoms with van der Waals surface area (Å²) in [5, 5.41) is 9.42. The first kappa shape index (κ1) is 17.2. The minimum atomic E-state index is -3.72. The lowest BCUT2D eigenvalue weighted by Gasteiger charge is -2.19. The highest BCUT2D eigenvalue weighted by Gasteiger charge is 2.15. The molecule has 2 aromatic carbocycles. The van der Waals surface area contributed by atoms with Crippen LogP contribution in [-0.2, 0) is 21.3 Å². The number of hydrogen-bond donors (Lipinski definition) is 2. The molecule has 0 aliphatic rings. The van der Waals surface area contributed by atoms with E-state index in [4.69, 9.17) is 9.88 Å². The second kappa shape index (κ2) is 6.17. The van der Waals surface area contributed by atoms with Gasteiger partial charge in [-0.05, 0) is 55.3 Å². The van der Waals surface area contributed by atoms with Gasteiger partial charge in [-0.2, -0.15) is 0 Å². The molecule has 0 bridgehead atoms. The molecule has 124 valence electrons. The average molecular weight is 336 g/mol. The molecule has 3 N–H and O–H groups in total. The number of ether oxygens (including phenoxy) is 1. The maximum Gasteiger partial charge on any atom is 0.407 e. The quantitative estimate of drug-likeness (QED) is 0.899. The lowest BCUT2D eigenvalue weighted by atomic mass is 10.1. The Labute approximate surface area is 135 Å². The maximum atomic E-state index is 11.6. The molecule has 23 heavy (non-hydrogen) atoms. The van der Waals surface area contributed by atoms with E-state index in [0.29, 0.717) is 6.54 Å². The molecule has 0 saturated carbocycles. The first-order valence-corrected chi connectivity index (χ1v) is 8.62. The van der Waals surface area contributed by atoms with Crippen molar-refractivity contribution >= 4 is 26.9 Å². The summed E-state index contributed by atoms with van der Waals surface area (Å²) in [5.41, 5.74) is 0.337. The summed E-state index contributed by atoms with van der Waals surface area (Å²) in [6.07, 6.45) is -0.484. The Morgan fingerprint density at radius 3 is 2.35 bits per heavy atom. The van der Waals surface area contributed by atoms with Crippen LogP contribution >= 0.6 is 0 Å². The lowest BCUT2D eigenvalue weighted by molar-refractivity contribution is 0.0523. The van der Waals surface area contributed by atoms with Gasteiger partial charge in [0.2, 0.25) is 10.0 Å². The van der Waals surface area contributed by atoms with Gasteiger partial charge in [-0.15, -0.1) is 0 Å². The molecule has 0 aromatic heterocycles. The van der Waals surface area contributed by atoms with Gasteiger partial charge in [0.25, 0.3) is 0 Å². The zero-order valence-electron chi connectivity index (χ0n) is 13.3. The summed E-state index contributed by atoms with van der Waals surface area (Å²) in [7, 11) is -3.72. The second-order valence-corrected chi connectivity index (χ2v) is 7.81. The van der Waals surface area contributed by atoms with Crippen LogP contribution in [0.25, 0.3) is 10.8 Å². The van der Waals surface area contributed by atoms with Crippen LogP contribution in [0.15, 0.2) is 41.3 Å². The molecule has 0 unspecified atom stereocenters. The third kappa shape index (κ3) is 4.94.